The molecule has 1 saturated heterocycles. The van der Waals surface area contributed by atoms with E-state index < -0.39 is 6.10 Å². The van der Waals surface area contributed by atoms with Crippen molar-refractivity contribution in [3.8, 4) is 0 Å². The van der Waals surface area contributed by atoms with Crippen molar-refractivity contribution in [2.45, 2.75) is 25.9 Å². The molecule has 0 aromatic heterocycles. The molecule has 1 unspecified atom stereocenters. The van der Waals surface area contributed by atoms with Gasteiger partial charge in [0.2, 0.25) is 0 Å². The first-order valence-corrected chi connectivity index (χ1v) is 7.42. The van der Waals surface area contributed by atoms with Gasteiger partial charge in [0.15, 0.2) is 5.96 Å². The SMILES string of the molecule is CC1CCN(C(N)=NCC(O)c2ccc(Cl)cc2)CC1.I. The predicted molar refractivity (Wildman–Crippen MR) is 98.3 cm³/mol. The van der Waals surface area contributed by atoms with Crippen molar-refractivity contribution < 1.29 is 5.11 Å². The Kier molecular flexibility index (Phi) is 7.76. The smallest absolute Gasteiger partial charge is 0.191 e. The molecule has 1 aromatic rings. The maximum atomic E-state index is 10.1. The monoisotopic (exact) mass is 423 g/mol. The predicted octanol–water partition coefficient (Wildman–Crippen LogP) is 3.04. The largest absolute Gasteiger partial charge is 0.386 e. The average Bonchev–Trinajstić information content (AvgIpc) is 2.46. The van der Waals surface area contributed by atoms with Crippen LogP contribution in [0, 0.1) is 5.92 Å². The van der Waals surface area contributed by atoms with E-state index in [2.05, 4.69) is 16.8 Å². The van der Waals surface area contributed by atoms with Gasteiger partial charge in [0, 0.05) is 18.1 Å². The Bertz CT molecular complexity index is 458. The van der Waals surface area contributed by atoms with Gasteiger partial charge in [-0.2, -0.15) is 0 Å². The second-order valence-corrected chi connectivity index (χ2v) is 5.87. The van der Waals surface area contributed by atoms with Crippen molar-refractivity contribution in [3.05, 3.63) is 34.9 Å². The van der Waals surface area contributed by atoms with E-state index in [4.69, 9.17) is 17.3 Å². The molecule has 6 heteroatoms. The highest BCUT2D eigenvalue weighted by Crippen LogP contribution is 2.18. The van der Waals surface area contributed by atoms with Gasteiger partial charge in [-0.05, 0) is 36.5 Å². The molecule has 1 aliphatic rings. The van der Waals surface area contributed by atoms with Crippen molar-refractivity contribution in [2.75, 3.05) is 19.6 Å². The number of nitrogens with zero attached hydrogens (tertiary/aromatic N) is 2. The van der Waals surface area contributed by atoms with E-state index in [1.807, 2.05) is 0 Å². The Hall–Kier alpha value is -0.530. The number of rotatable bonds is 3. The first-order valence-electron chi connectivity index (χ1n) is 7.04. The topological polar surface area (TPSA) is 61.8 Å². The van der Waals surface area contributed by atoms with Crippen LogP contribution in [0.15, 0.2) is 29.3 Å². The van der Waals surface area contributed by atoms with E-state index >= 15 is 0 Å². The lowest BCUT2D eigenvalue weighted by molar-refractivity contribution is 0.186. The maximum Gasteiger partial charge on any atom is 0.191 e. The Morgan fingerprint density at radius 1 is 1.38 bits per heavy atom. The van der Waals surface area contributed by atoms with Crippen LogP contribution >= 0.6 is 35.6 Å². The molecular weight excluding hydrogens is 401 g/mol. The van der Waals surface area contributed by atoms with Crippen molar-refractivity contribution in [2.24, 2.45) is 16.6 Å². The number of aliphatic imine (C=N–C) groups is 1. The summed E-state index contributed by atoms with van der Waals surface area (Å²) in [6.45, 7) is 4.44. The molecule has 0 amide bonds. The molecule has 2 rings (SSSR count). The highest BCUT2D eigenvalue weighted by molar-refractivity contribution is 14.0. The lowest BCUT2D eigenvalue weighted by atomic mass is 10.00. The molecule has 0 saturated carbocycles. The van der Waals surface area contributed by atoms with E-state index in [1.165, 1.54) is 0 Å². The van der Waals surface area contributed by atoms with Gasteiger partial charge in [0.1, 0.15) is 0 Å². The summed E-state index contributed by atoms with van der Waals surface area (Å²) in [6, 6.07) is 7.14. The molecule has 118 valence electrons. The number of hydrogen-bond donors (Lipinski definition) is 2. The van der Waals surface area contributed by atoms with Crippen LogP contribution in [-0.2, 0) is 0 Å². The van der Waals surface area contributed by atoms with Crippen molar-refractivity contribution >= 4 is 41.5 Å². The summed E-state index contributed by atoms with van der Waals surface area (Å²) in [4.78, 5) is 6.40. The summed E-state index contributed by atoms with van der Waals surface area (Å²) in [6.07, 6.45) is 1.65. The zero-order valence-electron chi connectivity index (χ0n) is 12.2. The summed E-state index contributed by atoms with van der Waals surface area (Å²) in [5.74, 6) is 1.30. The van der Waals surface area contributed by atoms with Crippen LogP contribution in [0.2, 0.25) is 5.02 Å². The third-order valence-corrected chi connectivity index (χ3v) is 4.04. The van der Waals surface area contributed by atoms with Gasteiger partial charge < -0.3 is 15.7 Å². The quantitative estimate of drug-likeness (QED) is 0.446. The number of benzene rings is 1. The van der Waals surface area contributed by atoms with Gasteiger partial charge in [-0.25, -0.2) is 0 Å². The van der Waals surface area contributed by atoms with Crippen molar-refractivity contribution in [1.29, 1.82) is 0 Å². The van der Waals surface area contributed by atoms with E-state index in [0.717, 1.165) is 37.4 Å². The minimum absolute atomic E-state index is 0. The van der Waals surface area contributed by atoms with Crippen LogP contribution in [0.5, 0.6) is 0 Å². The fourth-order valence-electron chi connectivity index (χ4n) is 2.31. The molecule has 0 bridgehead atoms. The third kappa shape index (κ3) is 5.64. The molecule has 0 aliphatic carbocycles. The van der Waals surface area contributed by atoms with E-state index in [0.29, 0.717) is 11.0 Å². The number of aliphatic hydroxyl groups excluding tert-OH is 1. The van der Waals surface area contributed by atoms with Gasteiger partial charge in [-0.3, -0.25) is 4.99 Å². The number of nitrogens with two attached hydrogens (primary N) is 1. The summed E-state index contributed by atoms with van der Waals surface area (Å²) < 4.78 is 0. The number of likely N-dealkylation sites (tertiary alicyclic amines) is 1. The van der Waals surface area contributed by atoms with Crippen LogP contribution < -0.4 is 5.73 Å². The van der Waals surface area contributed by atoms with Gasteiger partial charge in [0.05, 0.1) is 12.6 Å². The zero-order chi connectivity index (χ0) is 14.5. The van der Waals surface area contributed by atoms with Gasteiger partial charge in [-0.1, -0.05) is 30.7 Å². The number of halogens is 2. The second-order valence-electron chi connectivity index (χ2n) is 5.44. The molecule has 1 heterocycles. The van der Waals surface area contributed by atoms with Crippen molar-refractivity contribution in [3.63, 3.8) is 0 Å². The first-order chi connectivity index (χ1) is 9.56. The minimum atomic E-state index is -0.644. The molecule has 0 radical (unpaired) electrons. The lowest BCUT2D eigenvalue weighted by Crippen LogP contribution is -2.42. The van der Waals surface area contributed by atoms with Gasteiger partial charge in [0.25, 0.3) is 0 Å². The van der Waals surface area contributed by atoms with Crippen LogP contribution in [-0.4, -0.2) is 35.6 Å². The van der Waals surface area contributed by atoms with Crippen LogP contribution in [0.3, 0.4) is 0 Å². The van der Waals surface area contributed by atoms with E-state index in [-0.39, 0.29) is 30.5 Å². The van der Waals surface area contributed by atoms with Crippen LogP contribution in [0.4, 0.5) is 0 Å². The molecule has 21 heavy (non-hydrogen) atoms. The molecule has 1 aliphatic heterocycles. The van der Waals surface area contributed by atoms with Gasteiger partial charge in [-0.15, -0.1) is 24.0 Å². The summed E-state index contributed by atoms with van der Waals surface area (Å²) in [7, 11) is 0. The Labute approximate surface area is 148 Å². The molecule has 1 atom stereocenters. The van der Waals surface area contributed by atoms with Crippen LogP contribution in [0.1, 0.15) is 31.4 Å². The summed E-state index contributed by atoms with van der Waals surface area (Å²) in [5.41, 5.74) is 6.79. The average molecular weight is 424 g/mol. The number of hydrogen-bond acceptors (Lipinski definition) is 2. The molecule has 4 nitrogen and oxygen atoms in total. The molecule has 0 spiro atoms. The third-order valence-electron chi connectivity index (χ3n) is 3.79. The van der Waals surface area contributed by atoms with Crippen molar-refractivity contribution in [1.82, 2.24) is 4.90 Å². The maximum absolute atomic E-state index is 10.1. The fourth-order valence-corrected chi connectivity index (χ4v) is 2.43. The Morgan fingerprint density at radius 2 is 1.95 bits per heavy atom. The number of aliphatic hydroxyl groups is 1. The van der Waals surface area contributed by atoms with Gasteiger partial charge >= 0.3 is 0 Å². The molecule has 3 N–H and O–H groups in total. The summed E-state index contributed by atoms with van der Waals surface area (Å²) in [5, 5.41) is 10.7. The minimum Gasteiger partial charge on any atom is -0.386 e. The van der Waals surface area contributed by atoms with E-state index in [9.17, 15) is 5.11 Å². The lowest BCUT2D eigenvalue weighted by Gasteiger charge is -2.31. The molecular formula is C15H23ClIN3O. The number of piperidine rings is 1. The summed E-state index contributed by atoms with van der Waals surface area (Å²) >= 11 is 5.82. The Balaban J connectivity index is 0.00000220. The second kappa shape index (κ2) is 8.80. The fraction of sp³-hybridized carbons (Fsp3) is 0.533. The number of guanidine groups is 1. The molecule has 1 fully saturated rings. The standard InChI is InChI=1S/C15H22ClN3O.HI/c1-11-6-8-19(9-7-11)15(17)18-10-14(20)12-2-4-13(16)5-3-12;/h2-5,11,14,20H,6-10H2,1H3,(H2,17,18);1H. The molecule has 1 aromatic carbocycles. The zero-order valence-corrected chi connectivity index (χ0v) is 15.3. The Morgan fingerprint density at radius 3 is 2.52 bits per heavy atom. The highest BCUT2D eigenvalue weighted by Gasteiger charge is 2.17. The van der Waals surface area contributed by atoms with E-state index in [1.54, 1.807) is 24.3 Å². The highest BCUT2D eigenvalue weighted by atomic mass is 127. The first kappa shape index (κ1) is 18.5. The van der Waals surface area contributed by atoms with Crippen LogP contribution in [0.25, 0.3) is 0 Å². The normalized spacial score (nSPS) is 18.2.